The smallest absolute Gasteiger partial charge is 0.331 e. The first kappa shape index (κ1) is 21.1. The molecule has 1 unspecified atom stereocenters. The number of rotatable bonds is 3. The van der Waals surface area contributed by atoms with Gasteiger partial charge in [0, 0.05) is 26.0 Å². The van der Waals surface area contributed by atoms with Crippen LogP contribution in [0.1, 0.15) is 23.3 Å². The second kappa shape index (κ2) is 7.53. The van der Waals surface area contributed by atoms with Crippen molar-refractivity contribution in [3.8, 4) is 11.4 Å². The van der Waals surface area contributed by atoms with Gasteiger partial charge in [-0.15, -0.1) is 0 Å². The molecule has 8 heteroatoms. The lowest BCUT2D eigenvalue weighted by Crippen LogP contribution is -2.37. The molecule has 0 saturated carbocycles. The van der Waals surface area contributed by atoms with Crippen LogP contribution in [0.2, 0.25) is 0 Å². The number of fused-ring (bicyclic) bond motifs is 5. The Morgan fingerprint density at radius 1 is 0.886 bits per heavy atom. The summed E-state index contributed by atoms with van der Waals surface area (Å²) < 4.78 is 16.3. The average Bonchev–Trinajstić information content (AvgIpc) is 3.50. The third kappa shape index (κ3) is 2.92. The quantitative estimate of drug-likeness (QED) is 0.397. The molecule has 0 amide bonds. The molecule has 3 aromatic heterocycles. The predicted molar refractivity (Wildman–Crippen MR) is 134 cm³/mol. The lowest BCUT2D eigenvalue weighted by Gasteiger charge is -2.39. The van der Waals surface area contributed by atoms with Crippen LogP contribution in [0.4, 0.5) is 11.4 Å². The Hall–Kier alpha value is -4.46. The van der Waals surface area contributed by atoms with Crippen LogP contribution in [0.5, 0.6) is 5.75 Å². The van der Waals surface area contributed by atoms with E-state index in [-0.39, 0.29) is 11.2 Å². The zero-order valence-electron chi connectivity index (χ0n) is 19.9. The van der Waals surface area contributed by atoms with Gasteiger partial charge in [0.2, 0.25) is 0 Å². The molecule has 0 fully saturated rings. The van der Waals surface area contributed by atoms with Crippen molar-refractivity contribution < 1.29 is 9.15 Å². The van der Waals surface area contributed by atoms with Crippen LogP contribution in [0.15, 0.2) is 80.9 Å². The minimum Gasteiger partial charge on any atom is -0.497 e. The molecule has 0 bridgehead atoms. The SMILES string of the molecule is COc1ccc(N2c3ccccc3-n3cc4c(=O)n(C)c(=O)n(C)c4c3C2c2ccc(C)o2)cc1. The van der Waals surface area contributed by atoms with Crippen LogP contribution in [0.3, 0.4) is 0 Å². The van der Waals surface area contributed by atoms with Gasteiger partial charge in [-0.05, 0) is 55.5 Å². The number of aromatic nitrogens is 3. The van der Waals surface area contributed by atoms with Crippen LogP contribution in [-0.2, 0) is 14.1 Å². The summed E-state index contributed by atoms with van der Waals surface area (Å²) in [5.41, 5.74) is 3.46. The summed E-state index contributed by atoms with van der Waals surface area (Å²) in [7, 11) is 4.85. The standard InChI is InChI=1S/C27H24N4O4/c1-16-9-14-22(35-16)24-25-23-19(26(32)29(3)27(33)28(23)2)15-30(25)20-7-5-6-8-21(20)31(24)17-10-12-18(34-4)13-11-17/h5-15,24H,1-4H3. The van der Waals surface area contributed by atoms with E-state index < -0.39 is 6.04 Å². The van der Waals surface area contributed by atoms with Gasteiger partial charge in [-0.3, -0.25) is 13.9 Å². The Balaban J connectivity index is 1.77. The van der Waals surface area contributed by atoms with Gasteiger partial charge in [0.25, 0.3) is 5.56 Å². The summed E-state index contributed by atoms with van der Waals surface area (Å²) in [6.07, 6.45) is 1.83. The van der Waals surface area contributed by atoms with E-state index in [1.807, 2.05) is 78.4 Å². The molecule has 1 atom stereocenters. The fraction of sp³-hybridized carbons (Fsp3) is 0.185. The molecule has 0 spiro atoms. The minimum absolute atomic E-state index is 0.326. The maximum absolute atomic E-state index is 13.2. The Morgan fingerprint density at radius 2 is 1.60 bits per heavy atom. The highest BCUT2D eigenvalue weighted by atomic mass is 16.5. The number of anilines is 2. The summed E-state index contributed by atoms with van der Waals surface area (Å²) in [5.74, 6) is 2.24. The second-order valence-electron chi connectivity index (χ2n) is 8.76. The van der Waals surface area contributed by atoms with E-state index in [2.05, 4.69) is 4.90 Å². The maximum atomic E-state index is 13.2. The third-order valence-corrected chi connectivity index (χ3v) is 6.76. The summed E-state index contributed by atoms with van der Waals surface area (Å²) >= 11 is 0. The van der Waals surface area contributed by atoms with Gasteiger partial charge in [0.15, 0.2) is 0 Å². The molecule has 4 heterocycles. The van der Waals surface area contributed by atoms with Gasteiger partial charge in [0.05, 0.1) is 35.1 Å². The van der Waals surface area contributed by atoms with Gasteiger partial charge in [-0.1, -0.05) is 12.1 Å². The van der Waals surface area contributed by atoms with E-state index in [4.69, 9.17) is 9.15 Å². The van der Waals surface area contributed by atoms with E-state index in [1.54, 1.807) is 18.7 Å². The maximum Gasteiger partial charge on any atom is 0.331 e. The molecule has 176 valence electrons. The molecule has 5 aromatic rings. The highest BCUT2D eigenvalue weighted by molar-refractivity contribution is 5.88. The number of furan rings is 1. The first-order valence-electron chi connectivity index (χ1n) is 11.3. The fourth-order valence-corrected chi connectivity index (χ4v) is 5.10. The van der Waals surface area contributed by atoms with Crippen LogP contribution in [-0.4, -0.2) is 20.8 Å². The molecule has 0 N–H and O–H groups in total. The van der Waals surface area contributed by atoms with Gasteiger partial charge in [-0.2, -0.15) is 0 Å². The second-order valence-corrected chi connectivity index (χ2v) is 8.76. The van der Waals surface area contributed by atoms with Crippen molar-refractivity contribution in [2.24, 2.45) is 14.1 Å². The van der Waals surface area contributed by atoms with Gasteiger partial charge < -0.3 is 18.6 Å². The molecular weight excluding hydrogens is 444 g/mol. The first-order valence-corrected chi connectivity index (χ1v) is 11.3. The third-order valence-electron chi connectivity index (χ3n) is 6.76. The Morgan fingerprint density at radius 3 is 2.26 bits per heavy atom. The van der Waals surface area contributed by atoms with Crippen molar-refractivity contribution in [2.45, 2.75) is 13.0 Å². The average molecular weight is 469 g/mol. The van der Waals surface area contributed by atoms with Crippen LogP contribution in [0.25, 0.3) is 16.6 Å². The van der Waals surface area contributed by atoms with Crippen LogP contribution >= 0.6 is 0 Å². The normalized spacial score (nSPS) is 14.7. The van der Waals surface area contributed by atoms with Crippen molar-refractivity contribution in [3.05, 3.63) is 105 Å². The van der Waals surface area contributed by atoms with Crippen molar-refractivity contribution in [2.75, 3.05) is 12.0 Å². The Labute approximate surface area is 200 Å². The molecule has 0 saturated heterocycles. The van der Waals surface area contributed by atoms with Gasteiger partial charge in [-0.25, -0.2) is 4.79 Å². The van der Waals surface area contributed by atoms with Crippen LogP contribution in [0, 0.1) is 6.92 Å². The highest BCUT2D eigenvalue weighted by Crippen LogP contribution is 2.48. The molecule has 6 rings (SSSR count). The molecule has 0 aliphatic carbocycles. The minimum atomic E-state index is -0.429. The van der Waals surface area contributed by atoms with Crippen molar-refractivity contribution in [3.63, 3.8) is 0 Å². The number of hydrogen-bond donors (Lipinski definition) is 0. The van der Waals surface area contributed by atoms with Crippen molar-refractivity contribution >= 4 is 22.3 Å². The predicted octanol–water partition coefficient (Wildman–Crippen LogP) is 4.18. The lowest BCUT2D eigenvalue weighted by molar-refractivity contribution is 0.414. The van der Waals surface area contributed by atoms with E-state index in [9.17, 15) is 9.59 Å². The molecule has 8 nitrogen and oxygen atoms in total. The number of para-hydroxylation sites is 2. The summed E-state index contributed by atoms with van der Waals surface area (Å²) in [4.78, 5) is 28.3. The summed E-state index contributed by atoms with van der Waals surface area (Å²) in [6.45, 7) is 1.90. The molecule has 2 aromatic carbocycles. The zero-order chi connectivity index (χ0) is 24.4. The Kier molecular flexibility index (Phi) is 4.54. The molecule has 1 aliphatic rings. The summed E-state index contributed by atoms with van der Waals surface area (Å²) in [6, 6.07) is 19.3. The fourth-order valence-electron chi connectivity index (χ4n) is 5.10. The number of aryl methyl sites for hydroxylation is 2. The van der Waals surface area contributed by atoms with Crippen molar-refractivity contribution in [1.82, 2.24) is 13.7 Å². The molecule has 35 heavy (non-hydrogen) atoms. The number of ether oxygens (including phenoxy) is 1. The van der Waals surface area contributed by atoms with Gasteiger partial charge >= 0.3 is 5.69 Å². The highest BCUT2D eigenvalue weighted by Gasteiger charge is 2.38. The van der Waals surface area contributed by atoms with Crippen molar-refractivity contribution in [1.29, 1.82) is 0 Å². The topological polar surface area (TPSA) is 74.5 Å². The molecule has 0 radical (unpaired) electrons. The number of nitrogens with zero attached hydrogens (tertiary/aromatic N) is 4. The zero-order valence-corrected chi connectivity index (χ0v) is 19.9. The number of methoxy groups -OCH3 is 1. The lowest BCUT2D eigenvalue weighted by atomic mass is 10.0. The summed E-state index contributed by atoms with van der Waals surface area (Å²) in [5, 5.41) is 0.476. The number of benzene rings is 2. The van der Waals surface area contributed by atoms with Gasteiger partial charge in [0.1, 0.15) is 23.3 Å². The van der Waals surface area contributed by atoms with E-state index >= 15 is 0 Å². The monoisotopic (exact) mass is 468 g/mol. The van der Waals surface area contributed by atoms with E-state index in [1.165, 1.54) is 7.05 Å². The first-order chi connectivity index (χ1) is 16.9. The molecule has 1 aliphatic heterocycles. The Bertz CT molecular complexity index is 1720. The van der Waals surface area contributed by atoms with Crippen LogP contribution < -0.4 is 20.9 Å². The molecular formula is C27H24N4O4. The van der Waals surface area contributed by atoms with E-state index in [0.29, 0.717) is 16.7 Å². The largest absolute Gasteiger partial charge is 0.497 e. The number of hydrogen-bond acceptors (Lipinski definition) is 5. The van der Waals surface area contributed by atoms with E-state index in [0.717, 1.165) is 38.8 Å².